The molecule has 1 aromatic carbocycles. The number of methoxy groups -OCH3 is 2. The lowest BCUT2D eigenvalue weighted by Gasteiger charge is -2.37. The van der Waals surface area contributed by atoms with Gasteiger partial charge in [0.2, 0.25) is 11.8 Å². The van der Waals surface area contributed by atoms with E-state index in [1.165, 1.54) is 0 Å². The molecule has 1 heterocycles. The van der Waals surface area contributed by atoms with Crippen molar-refractivity contribution in [3.05, 3.63) is 36.4 Å². The molecule has 0 unspecified atom stereocenters. The van der Waals surface area contributed by atoms with E-state index in [-0.39, 0.29) is 29.6 Å². The summed E-state index contributed by atoms with van der Waals surface area (Å²) in [5.74, 6) is 1.50. The molecule has 0 radical (unpaired) electrons. The maximum absolute atomic E-state index is 12.7. The predicted molar refractivity (Wildman–Crippen MR) is 103 cm³/mol. The van der Waals surface area contributed by atoms with Gasteiger partial charge in [0.25, 0.3) is 0 Å². The molecule has 1 aromatic rings. The second-order valence-corrected chi connectivity index (χ2v) is 7.30. The fourth-order valence-electron chi connectivity index (χ4n) is 3.72. The van der Waals surface area contributed by atoms with Gasteiger partial charge >= 0.3 is 0 Å². The minimum atomic E-state index is -0.223. The Hall–Kier alpha value is -2.50. The number of amides is 2. The average molecular weight is 372 g/mol. The lowest BCUT2D eigenvalue weighted by molar-refractivity contribution is -0.137. The largest absolute Gasteiger partial charge is 0.493 e. The second-order valence-electron chi connectivity index (χ2n) is 7.30. The van der Waals surface area contributed by atoms with Gasteiger partial charge in [-0.3, -0.25) is 9.59 Å². The van der Waals surface area contributed by atoms with Gasteiger partial charge in [-0.15, -0.1) is 6.58 Å². The van der Waals surface area contributed by atoms with E-state index in [1.54, 1.807) is 20.3 Å². The van der Waals surface area contributed by atoms with Crippen molar-refractivity contribution in [2.24, 2.45) is 11.8 Å². The molecule has 0 spiro atoms. The summed E-state index contributed by atoms with van der Waals surface area (Å²) in [6.45, 7) is 5.21. The molecule has 1 saturated carbocycles. The molecule has 27 heavy (non-hydrogen) atoms. The number of hydrogen-bond acceptors (Lipinski definition) is 4. The number of carbonyl (C=O) groups excluding carboxylic acids is 2. The molecular weight excluding hydrogens is 344 g/mol. The molecule has 1 N–H and O–H groups in total. The molecule has 2 amide bonds. The average Bonchev–Trinajstić information content (AvgIpc) is 3.55. The van der Waals surface area contributed by atoms with E-state index in [4.69, 9.17) is 9.47 Å². The third-order valence-electron chi connectivity index (χ3n) is 5.36. The van der Waals surface area contributed by atoms with Crippen molar-refractivity contribution < 1.29 is 19.1 Å². The van der Waals surface area contributed by atoms with Gasteiger partial charge in [-0.25, -0.2) is 0 Å². The van der Waals surface area contributed by atoms with Crippen LogP contribution in [0.4, 0.5) is 0 Å². The van der Waals surface area contributed by atoms with E-state index in [2.05, 4.69) is 11.9 Å². The molecule has 2 aliphatic rings. The lowest BCUT2D eigenvalue weighted by atomic mass is 9.83. The standard InChI is InChI=1S/C21H28N2O4/c1-4-9-22-20(24)17-10-16(12-23(13-17)21(25)14-5-6-14)15-7-8-18(26-2)19(11-15)27-3/h4,7-8,11,14,16-17H,1,5-6,9-10,12-13H2,2-3H3,(H,22,24)/t16-,17+/m0/s1. The molecular formula is C21H28N2O4. The van der Waals surface area contributed by atoms with Crippen molar-refractivity contribution in [2.75, 3.05) is 33.9 Å². The van der Waals surface area contributed by atoms with Gasteiger partial charge in [0, 0.05) is 31.5 Å². The number of nitrogens with one attached hydrogen (secondary N) is 1. The van der Waals surface area contributed by atoms with E-state index >= 15 is 0 Å². The van der Waals surface area contributed by atoms with Crippen LogP contribution in [0.15, 0.2) is 30.9 Å². The topological polar surface area (TPSA) is 67.9 Å². The Labute approximate surface area is 160 Å². The van der Waals surface area contributed by atoms with Crippen LogP contribution in [0.3, 0.4) is 0 Å². The zero-order chi connectivity index (χ0) is 19.4. The van der Waals surface area contributed by atoms with Crippen LogP contribution in [-0.4, -0.2) is 50.6 Å². The van der Waals surface area contributed by atoms with Crippen LogP contribution >= 0.6 is 0 Å². The first-order valence-corrected chi connectivity index (χ1v) is 9.46. The van der Waals surface area contributed by atoms with Gasteiger partial charge in [0.15, 0.2) is 11.5 Å². The molecule has 1 aliphatic carbocycles. The second kappa shape index (κ2) is 8.46. The Kier molecular flexibility index (Phi) is 6.04. The molecule has 2 fully saturated rings. The van der Waals surface area contributed by atoms with Crippen molar-refractivity contribution >= 4 is 11.8 Å². The van der Waals surface area contributed by atoms with Crippen LogP contribution in [0, 0.1) is 11.8 Å². The van der Waals surface area contributed by atoms with E-state index in [0.717, 1.165) is 18.4 Å². The monoisotopic (exact) mass is 372 g/mol. The Bertz CT molecular complexity index is 714. The Morgan fingerprint density at radius 2 is 1.93 bits per heavy atom. The van der Waals surface area contributed by atoms with E-state index in [0.29, 0.717) is 37.6 Å². The molecule has 0 bridgehead atoms. The molecule has 1 saturated heterocycles. The predicted octanol–water partition coefficient (Wildman–Crippen LogP) is 2.35. The minimum Gasteiger partial charge on any atom is -0.493 e. The van der Waals surface area contributed by atoms with Gasteiger partial charge in [-0.2, -0.15) is 0 Å². The number of likely N-dealkylation sites (tertiary alicyclic amines) is 1. The highest BCUT2D eigenvalue weighted by molar-refractivity contribution is 5.84. The molecule has 2 atom stereocenters. The normalized spacial score (nSPS) is 22.1. The highest BCUT2D eigenvalue weighted by Gasteiger charge is 2.39. The number of piperidine rings is 1. The van der Waals surface area contributed by atoms with Crippen molar-refractivity contribution in [1.29, 1.82) is 0 Å². The summed E-state index contributed by atoms with van der Waals surface area (Å²) >= 11 is 0. The summed E-state index contributed by atoms with van der Waals surface area (Å²) in [6, 6.07) is 5.83. The van der Waals surface area contributed by atoms with E-state index < -0.39 is 0 Å². The number of ether oxygens (including phenoxy) is 2. The van der Waals surface area contributed by atoms with Crippen LogP contribution in [-0.2, 0) is 9.59 Å². The van der Waals surface area contributed by atoms with Crippen molar-refractivity contribution in [1.82, 2.24) is 10.2 Å². The Morgan fingerprint density at radius 1 is 1.19 bits per heavy atom. The number of benzene rings is 1. The zero-order valence-electron chi connectivity index (χ0n) is 16.1. The molecule has 1 aliphatic heterocycles. The van der Waals surface area contributed by atoms with Gasteiger partial charge in [-0.05, 0) is 37.0 Å². The van der Waals surface area contributed by atoms with Gasteiger partial charge in [0.05, 0.1) is 20.1 Å². The molecule has 3 rings (SSSR count). The summed E-state index contributed by atoms with van der Waals surface area (Å²) < 4.78 is 10.7. The molecule has 0 aromatic heterocycles. The number of nitrogens with zero attached hydrogens (tertiary/aromatic N) is 1. The van der Waals surface area contributed by atoms with Crippen LogP contribution in [0.1, 0.15) is 30.7 Å². The van der Waals surface area contributed by atoms with Crippen LogP contribution in [0.5, 0.6) is 11.5 Å². The summed E-state index contributed by atoms with van der Waals surface area (Å²) in [5, 5.41) is 2.88. The molecule has 146 valence electrons. The van der Waals surface area contributed by atoms with Crippen molar-refractivity contribution in [3.63, 3.8) is 0 Å². The maximum Gasteiger partial charge on any atom is 0.225 e. The fourth-order valence-corrected chi connectivity index (χ4v) is 3.72. The van der Waals surface area contributed by atoms with Crippen LogP contribution in [0.25, 0.3) is 0 Å². The SMILES string of the molecule is C=CCNC(=O)[C@@H]1C[C@H](c2ccc(OC)c(OC)c2)CN(C(=O)C2CC2)C1. The summed E-state index contributed by atoms with van der Waals surface area (Å²) in [6.07, 6.45) is 4.29. The maximum atomic E-state index is 12.7. The first kappa shape index (κ1) is 19.3. The third kappa shape index (κ3) is 4.43. The Balaban J connectivity index is 1.82. The number of carbonyl (C=O) groups is 2. The van der Waals surface area contributed by atoms with Crippen LogP contribution < -0.4 is 14.8 Å². The smallest absolute Gasteiger partial charge is 0.225 e. The zero-order valence-corrected chi connectivity index (χ0v) is 16.1. The quantitative estimate of drug-likeness (QED) is 0.746. The molecule has 6 nitrogen and oxygen atoms in total. The fraction of sp³-hybridized carbons (Fsp3) is 0.524. The lowest BCUT2D eigenvalue weighted by Crippen LogP contribution is -2.48. The highest BCUT2D eigenvalue weighted by Crippen LogP contribution is 2.38. The summed E-state index contributed by atoms with van der Waals surface area (Å²) in [5.41, 5.74) is 1.06. The van der Waals surface area contributed by atoms with Crippen molar-refractivity contribution in [3.8, 4) is 11.5 Å². The number of hydrogen-bond donors (Lipinski definition) is 1. The van der Waals surface area contributed by atoms with Gasteiger partial charge in [-0.1, -0.05) is 12.1 Å². The minimum absolute atomic E-state index is 0.0197. The van der Waals surface area contributed by atoms with E-state index in [1.807, 2.05) is 23.1 Å². The first-order chi connectivity index (χ1) is 13.1. The summed E-state index contributed by atoms with van der Waals surface area (Å²) in [4.78, 5) is 27.1. The van der Waals surface area contributed by atoms with Crippen LogP contribution in [0.2, 0.25) is 0 Å². The third-order valence-corrected chi connectivity index (χ3v) is 5.36. The first-order valence-electron chi connectivity index (χ1n) is 9.46. The van der Waals surface area contributed by atoms with Gasteiger partial charge < -0.3 is 19.7 Å². The molecule has 6 heteroatoms. The van der Waals surface area contributed by atoms with E-state index in [9.17, 15) is 9.59 Å². The van der Waals surface area contributed by atoms with Gasteiger partial charge in [0.1, 0.15) is 0 Å². The summed E-state index contributed by atoms with van der Waals surface area (Å²) in [7, 11) is 3.21. The van der Waals surface area contributed by atoms with Crippen molar-refractivity contribution in [2.45, 2.75) is 25.2 Å². The Morgan fingerprint density at radius 3 is 2.56 bits per heavy atom. The number of rotatable bonds is 7. The highest BCUT2D eigenvalue weighted by atomic mass is 16.5.